The molecule has 5 rings (SSSR count). The Labute approximate surface area is 217 Å². The third kappa shape index (κ3) is 7.27. The van der Waals surface area contributed by atoms with Gasteiger partial charge in [0.1, 0.15) is 17.3 Å². The molecule has 2 aliphatic rings. The number of benzene rings is 2. The summed E-state index contributed by atoms with van der Waals surface area (Å²) in [5.41, 5.74) is 3.00. The smallest absolute Gasteiger partial charge is 0.227 e. The van der Waals surface area contributed by atoms with E-state index in [1.54, 1.807) is 18.3 Å². The van der Waals surface area contributed by atoms with Gasteiger partial charge in [-0.2, -0.15) is 0 Å². The van der Waals surface area contributed by atoms with Crippen molar-refractivity contribution in [2.24, 2.45) is 0 Å². The van der Waals surface area contributed by atoms with Crippen LogP contribution >= 0.6 is 0 Å². The Bertz CT molecular complexity index is 1210. The molecule has 2 aliphatic heterocycles. The molecule has 0 spiro atoms. The minimum absolute atomic E-state index is 0.375. The number of fused-ring (bicyclic) bond motifs is 7. The fourth-order valence-corrected chi connectivity index (χ4v) is 4.56. The Balaban J connectivity index is 1.35. The summed E-state index contributed by atoms with van der Waals surface area (Å²) in [5, 5.41) is 3.26. The van der Waals surface area contributed by atoms with Crippen LogP contribution in [0.2, 0.25) is 0 Å². The Kier molecular flexibility index (Phi) is 8.61. The van der Waals surface area contributed by atoms with Gasteiger partial charge >= 0.3 is 0 Å². The third-order valence-electron chi connectivity index (χ3n) is 6.41. The Morgan fingerprint density at radius 2 is 1.97 bits per heavy atom. The highest BCUT2D eigenvalue weighted by atomic mass is 19.1. The summed E-state index contributed by atoms with van der Waals surface area (Å²) in [6.45, 7) is 5.46. The average molecular weight is 505 g/mol. The molecule has 0 amide bonds. The second-order valence-corrected chi connectivity index (χ2v) is 9.26. The van der Waals surface area contributed by atoms with E-state index in [0.717, 1.165) is 30.0 Å². The highest BCUT2D eigenvalue weighted by molar-refractivity contribution is 5.64. The lowest BCUT2D eigenvalue weighted by molar-refractivity contribution is 0.144. The molecule has 0 aliphatic carbocycles. The van der Waals surface area contributed by atoms with Crippen LogP contribution in [0.5, 0.6) is 11.5 Å². The second-order valence-electron chi connectivity index (χ2n) is 9.26. The predicted molar refractivity (Wildman–Crippen MR) is 142 cm³/mol. The number of aromatic nitrogens is 2. The van der Waals surface area contributed by atoms with Gasteiger partial charge in [0.25, 0.3) is 0 Å². The molecule has 0 radical (unpaired) electrons. The molecule has 3 heterocycles. The first-order chi connectivity index (χ1) is 18.2. The Hall–Kier alpha value is -3.49. The van der Waals surface area contributed by atoms with E-state index >= 15 is 0 Å². The number of hydrogen-bond donors (Lipinski definition) is 1. The van der Waals surface area contributed by atoms with Crippen molar-refractivity contribution >= 4 is 11.6 Å². The number of rotatable bonds is 5. The van der Waals surface area contributed by atoms with Gasteiger partial charge in [-0.25, -0.2) is 14.4 Å². The number of likely N-dealkylation sites (tertiary alicyclic amines) is 1. The first kappa shape index (κ1) is 25.2. The number of hydrogen-bond acceptors (Lipinski definition) is 7. The second kappa shape index (κ2) is 12.7. The number of halogens is 1. The minimum Gasteiger partial charge on any atom is -0.493 e. The molecule has 37 heavy (non-hydrogen) atoms. The van der Waals surface area contributed by atoms with Crippen LogP contribution in [-0.2, 0) is 11.3 Å². The van der Waals surface area contributed by atoms with E-state index in [4.69, 9.17) is 14.2 Å². The molecule has 7 nitrogen and oxygen atoms in total. The average Bonchev–Trinajstić information content (AvgIpc) is 3.42. The minimum atomic E-state index is -0.375. The van der Waals surface area contributed by atoms with E-state index in [1.807, 2.05) is 30.4 Å². The zero-order valence-corrected chi connectivity index (χ0v) is 21.0. The highest BCUT2D eigenvalue weighted by Crippen LogP contribution is 2.28. The lowest BCUT2D eigenvalue weighted by atomic mass is 10.1. The van der Waals surface area contributed by atoms with Gasteiger partial charge in [-0.05, 0) is 75.2 Å². The lowest BCUT2D eigenvalue weighted by Gasteiger charge is -2.16. The van der Waals surface area contributed by atoms with Crippen molar-refractivity contribution in [1.82, 2.24) is 14.9 Å². The van der Waals surface area contributed by atoms with Crippen molar-refractivity contribution in [2.45, 2.75) is 32.3 Å². The maximum Gasteiger partial charge on any atom is 0.227 e. The maximum absolute atomic E-state index is 14.3. The largest absolute Gasteiger partial charge is 0.493 e. The number of anilines is 2. The SMILES string of the molecule is Fc1cc2cc(c1)-c1ccnc(n1)Nc1ccc(OCCCN3CCCC3)c(c1)COCC=CCCO2. The van der Waals surface area contributed by atoms with E-state index in [-0.39, 0.29) is 5.82 Å². The van der Waals surface area contributed by atoms with Crippen molar-refractivity contribution in [3.8, 4) is 22.8 Å². The molecule has 1 fully saturated rings. The third-order valence-corrected chi connectivity index (χ3v) is 6.41. The number of nitrogens with zero attached hydrogens (tertiary/aromatic N) is 3. The van der Waals surface area contributed by atoms with Crippen LogP contribution in [0.1, 0.15) is 31.2 Å². The quantitative estimate of drug-likeness (QED) is 0.351. The zero-order chi connectivity index (χ0) is 25.3. The molecule has 6 bridgehead atoms. The molecule has 8 heteroatoms. The van der Waals surface area contributed by atoms with Crippen LogP contribution in [-0.4, -0.2) is 54.3 Å². The lowest BCUT2D eigenvalue weighted by Crippen LogP contribution is -2.22. The molecule has 1 N–H and O–H groups in total. The highest BCUT2D eigenvalue weighted by Gasteiger charge is 2.12. The molecule has 3 aromatic rings. The Morgan fingerprint density at radius 1 is 1.05 bits per heavy atom. The van der Waals surface area contributed by atoms with E-state index in [1.165, 1.54) is 38.1 Å². The first-order valence-corrected chi connectivity index (χ1v) is 13.0. The van der Waals surface area contributed by atoms with Crippen molar-refractivity contribution in [1.29, 1.82) is 0 Å². The Morgan fingerprint density at radius 3 is 2.89 bits per heavy atom. The fourth-order valence-electron chi connectivity index (χ4n) is 4.56. The van der Waals surface area contributed by atoms with Gasteiger partial charge in [0.15, 0.2) is 0 Å². The summed E-state index contributed by atoms with van der Waals surface area (Å²) >= 11 is 0. The molecular weight excluding hydrogens is 471 g/mol. The van der Waals surface area contributed by atoms with E-state index in [0.29, 0.717) is 55.8 Å². The van der Waals surface area contributed by atoms with Gasteiger partial charge in [0, 0.05) is 35.6 Å². The van der Waals surface area contributed by atoms with Gasteiger partial charge in [0.05, 0.1) is 32.1 Å². The molecule has 194 valence electrons. The van der Waals surface area contributed by atoms with Crippen LogP contribution in [0, 0.1) is 5.82 Å². The normalized spacial score (nSPS) is 16.4. The van der Waals surface area contributed by atoms with Crippen LogP contribution < -0.4 is 14.8 Å². The van der Waals surface area contributed by atoms with Crippen LogP contribution in [0.15, 0.2) is 60.8 Å². The van der Waals surface area contributed by atoms with Crippen molar-refractivity contribution in [3.05, 3.63) is 72.2 Å². The van der Waals surface area contributed by atoms with E-state index < -0.39 is 0 Å². The molecule has 0 unspecified atom stereocenters. The van der Waals surface area contributed by atoms with E-state index in [9.17, 15) is 4.39 Å². The van der Waals surface area contributed by atoms with Crippen molar-refractivity contribution < 1.29 is 18.6 Å². The van der Waals surface area contributed by atoms with Crippen molar-refractivity contribution in [2.75, 3.05) is 44.8 Å². The summed E-state index contributed by atoms with van der Waals surface area (Å²) in [7, 11) is 0. The summed E-state index contributed by atoms with van der Waals surface area (Å²) in [6.07, 6.45) is 9.92. The zero-order valence-electron chi connectivity index (χ0n) is 21.0. The van der Waals surface area contributed by atoms with Crippen molar-refractivity contribution in [3.63, 3.8) is 0 Å². The summed E-state index contributed by atoms with van der Waals surface area (Å²) < 4.78 is 32.1. The summed E-state index contributed by atoms with van der Waals surface area (Å²) in [6, 6.07) is 12.3. The van der Waals surface area contributed by atoms with Gasteiger partial charge in [-0.1, -0.05) is 12.2 Å². The van der Waals surface area contributed by atoms with Crippen LogP contribution in [0.25, 0.3) is 11.3 Å². The number of ether oxygens (including phenoxy) is 3. The summed E-state index contributed by atoms with van der Waals surface area (Å²) in [4.78, 5) is 11.5. The molecule has 1 saturated heterocycles. The first-order valence-electron chi connectivity index (χ1n) is 13.0. The van der Waals surface area contributed by atoms with Crippen LogP contribution in [0.3, 0.4) is 0 Å². The molecule has 1 aromatic heterocycles. The summed E-state index contributed by atoms with van der Waals surface area (Å²) in [5.74, 6) is 1.33. The topological polar surface area (TPSA) is 68.7 Å². The molecular formula is C29H33FN4O3. The van der Waals surface area contributed by atoms with E-state index in [2.05, 4.69) is 20.2 Å². The molecule has 0 saturated carbocycles. The maximum atomic E-state index is 14.3. The fraction of sp³-hybridized carbons (Fsp3) is 0.379. The van der Waals surface area contributed by atoms with Gasteiger partial charge in [0.2, 0.25) is 5.95 Å². The van der Waals surface area contributed by atoms with Gasteiger partial charge in [-0.3, -0.25) is 0 Å². The van der Waals surface area contributed by atoms with Gasteiger partial charge < -0.3 is 24.4 Å². The number of nitrogens with one attached hydrogen (secondary N) is 1. The monoisotopic (exact) mass is 504 g/mol. The molecule has 0 atom stereocenters. The van der Waals surface area contributed by atoms with Crippen LogP contribution in [0.4, 0.5) is 16.0 Å². The van der Waals surface area contributed by atoms with Gasteiger partial charge in [-0.15, -0.1) is 0 Å². The molecule has 2 aromatic carbocycles. The predicted octanol–water partition coefficient (Wildman–Crippen LogP) is 5.75. The standard InChI is InChI=1S/C29H33FN4O3/c30-24-17-22-19-26(20-24)36-15-5-1-4-14-35-21-23-18-25(32-29-31-10-9-27(22)33-29)7-8-28(23)37-16-6-13-34-11-2-3-12-34/h1,4,7-10,17-20H,2-3,5-6,11-16,21H2,(H,31,32,33).